The lowest BCUT2D eigenvalue weighted by molar-refractivity contribution is -0.126. The Bertz CT molecular complexity index is 864. The Balaban J connectivity index is 1.81. The highest BCUT2D eigenvalue weighted by atomic mass is 35.5. The van der Waals surface area contributed by atoms with Gasteiger partial charge in [-0.25, -0.2) is 4.79 Å². The van der Waals surface area contributed by atoms with Gasteiger partial charge in [0, 0.05) is 5.69 Å². The Hall–Kier alpha value is -2.57. The van der Waals surface area contributed by atoms with E-state index in [9.17, 15) is 14.4 Å². The van der Waals surface area contributed by atoms with Crippen molar-refractivity contribution >= 4 is 46.7 Å². The van der Waals surface area contributed by atoms with Gasteiger partial charge in [-0.15, -0.1) is 0 Å². The molecular formula is C19H18Cl2N2O4. The zero-order chi connectivity index (χ0) is 20.0. The van der Waals surface area contributed by atoms with Crippen molar-refractivity contribution in [1.29, 1.82) is 0 Å². The molecule has 0 aliphatic heterocycles. The van der Waals surface area contributed by atoms with Crippen molar-refractivity contribution in [2.45, 2.75) is 13.8 Å². The molecule has 0 unspecified atom stereocenters. The lowest BCUT2D eigenvalue weighted by Gasteiger charge is -2.12. The maximum absolute atomic E-state index is 12.0. The number of halogens is 2. The summed E-state index contributed by atoms with van der Waals surface area (Å²) >= 11 is 11.8. The van der Waals surface area contributed by atoms with Gasteiger partial charge in [-0.1, -0.05) is 47.5 Å². The number of carbonyl (C=O) groups excluding carboxylic acids is 3. The number of amides is 2. The van der Waals surface area contributed by atoms with E-state index in [2.05, 4.69) is 10.6 Å². The number of hydrogen-bond donors (Lipinski definition) is 2. The van der Waals surface area contributed by atoms with Gasteiger partial charge in [0.1, 0.15) is 0 Å². The molecule has 0 aliphatic carbocycles. The molecule has 2 amide bonds. The van der Waals surface area contributed by atoms with Crippen LogP contribution in [0, 0.1) is 13.8 Å². The zero-order valence-electron chi connectivity index (χ0n) is 14.8. The van der Waals surface area contributed by atoms with E-state index >= 15 is 0 Å². The van der Waals surface area contributed by atoms with E-state index in [1.54, 1.807) is 6.07 Å². The third kappa shape index (κ3) is 5.70. The van der Waals surface area contributed by atoms with Crippen molar-refractivity contribution in [2.75, 3.05) is 18.5 Å². The molecular weight excluding hydrogens is 391 g/mol. The summed E-state index contributed by atoms with van der Waals surface area (Å²) in [6.45, 7) is 2.96. The van der Waals surface area contributed by atoms with Gasteiger partial charge < -0.3 is 15.4 Å². The van der Waals surface area contributed by atoms with Crippen LogP contribution in [0.1, 0.15) is 21.5 Å². The molecule has 27 heavy (non-hydrogen) atoms. The van der Waals surface area contributed by atoms with Crippen LogP contribution < -0.4 is 10.6 Å². The van der Waals surface area contributed by atoms with Crippen molar-refractivity contribution in [3.05, 3.63) is 63.1 Å². The van der Waals surface area contributed by atoms with E-state index in [1.807, 2.05) is 32.0 Å². The van der Waals surface area contributed by atoms with Crippen LogP contribution in [0.4, 0.5) is 5.69 Å². The number of benzene rings is 2. The second-order valence-corrected chi connectivity index (χ2v) is 6.55. The summed E-state index contributed by atoms with van der Waals surface area (Å²) in [6.07, 6.45) is 0. The number of para-hydroxylation sites is 1. The number of rotatable bonds is 6. The van der Waals surface area contributed by atoms with Gasteiger partial charge in [0.25, 0.3) is 5.91 Å². The van der Waals surface area contributed by atoms with E-state index in [0.717, 1.165) is 11.1 Å². The first-order valence-electron chi connectivity index (χ1n) is 8.03. The summed E-state index contributed by atoms with van der Waals surface area (Å²) in [5.41, 5.74) is 2.60. The van der Waals surface area contributed by atoms with Gasteiger partial charge in [0.2, 0.25) is 5.91 Å². The fourth-order valence-electron chi connectivity index (χ4n) is 2.30. The quantitative estimate of drug-likeness (QED) is 0.716. The number of aryl methyl sites for hydroxylation is 2. The highest BCUT2D eigenvalue weighted by Crippen LogP contribution is 2.26. The molecule has 0 bridgehead atoms. The first kappa shape index (κ1) is 20.7. The normalized spacial score (nSPS) is 10.2. The first-order valence-corrected chi connectivity index (χ1v) is 8.79. The standard InChI is InChI=1S/C19H18Cl2N2O4/c1-11-5-3-6-12(2)18(11)23-15(24)9-22-16(25)10-27-19(26)13-7-4-8-14(20)17(13)21/h3-8H,9-10H2,1-2H3,(H,22,25)(H,23,24). The first-order chi connectivity index (χ1) is 12.8. The summed E-state index contributed by atoms with van der Waals surface area (Å²) in [5.74, 6) is -1.78. The molecule has 0 saturated heterocycles. The maximum atomic E-state index is 12.0. The van der Waals surface area contributed by atoms with Crippen LogP contribution in [0.3, 0.4) is 0 Å². The van der Waals surface area contributed by atoms with E-state index < -0.39 is 18.5 Å². The summed E-state index contributed by atoms with van der Waals surface area (Å²) < 4.78 is 4.89. The predicted molar refractivity (Wildman–Crippen MR) is 104 cm³/mol. The van der Waals surface area contributed by atoms with Crippen LogP contribution in [0.5, 0.6) is 0 Å². The van der Waals surface area contributed by atoms with Crippen molar-refractivity contribution in [2.24, 2.45) is 0 Å². The molecule has 0 spiro atoms. The molecule has 142 valence electrons. The molecule has 8 heteroatoms. The van der Waals surface area contributed by atoms with Gasteiger partial charge in [-0.05, 0) is 37.1 Å². The Labute approximate surface area is 166 Å². The molecule has 2 rings (SSSR count). The van der Waals surface area contributed by atoms with E-state index in [0.29, 0.717) is 5.69 Å². The predicted octanol–water partition coefficient (Wildman–Crippen LogP) is 3.52. The van der Waals surface area contributed by atoms with Gasteiger partial charge in [0.05, 0.1) is 22.2 Å². The Morgan fingerprint density at radius 3 is 2.26 bits per heavy atom. The number of ether oxygens (including phenoxy) is 1. The van der Waals surface area contributed by atoms with Gasteiger partial charge in [0.15, 0.2) is 6.61 Å². The SMILES string of the molecule is Cc1cccc(C)c1NC(=O)CNC(=O)COC(=O)c1cccc(Cl)c1Cl. The van der Waals surface area contributed by atoms with Crippen LogP contribution in [0.15, 0.2) is 36.4 Å². The van der Waals surface area contributed by atoms with E-state index in [-0.39, 0.29) is 28.1 Å². The minimum absolute atomic E-state index is 0.0533. The smallest absolute Gasteiger partial charge is 0.340 e. The summed E-state index contributed by atoms with van der Waals surface area (Å²) in [7, 11) is 0. The summed E-state index contributed by atoms with van der Waals surface area (Å²) in [5, 5.41) is 5.39. The second kappa shape index (κ2) is 9.39. The molecule has 0 atom stereocenters. The average Bonchev–Trinajstić information content (AvgIpc) is 2.63. The second-order valence-electron chi connectivity index (χ2n) is 5.77. The fraction of sp³-hybridized carbons (Fsp3) is 0.211. The third-order valence-electron chi connectivity index (χ3n) is 3.70. The molecule has 0 aromatic heterocycles. The Kier molecular flexibility index (Phi) is 7.21. The number of hydrogen-bond acceptors (Lipinski definition) is 4. The minimum atomic E-state index is -0.780. The topological polar surface area (TPSA) is 84.5 Å². The zero-order valence-corrected chi connectivity index (χ0v) is 16.3. The summed E-state index contributed by atoms with van der Waals surface area (Å²) in [4.78, 5) is 35.7. The number of esters is 1. The number of nitrogens with one attached hydrogen (secondary N) is 2. The van der Waals surface area contributed by atoms with Crippen LogP contribution >= 0.6 is 23.2 Å². The molecule has 0 aliphatic rings. The molecule has 0 radical (unpaired) electrons. The van der Waals surface area contributed by atoms with Crippen molar-refractivity contribution < 1.29 is 19.1 Å². The fourth-order valence-corrected chi connectivity index (χ4v) is 2.67. The van der Waals surface area contributed by atoms with Crippen LogP contribution in [-0.4, -0.2) is 30.9 Å². The third-order valence-corrected chi connectivity index (χ3v) is 4.52. The molecule has 6 nitrogen and oxygen atoms in total. The molecule has 0 saturated carbocycles. The van der Waals surface area contributed by atoms with Crippen LogP contribution in [-0.2, 0) is 14.3 Å². The number of carbonyl (C=O) groups is 3. The monoisotopic (exact) mass is 408 g/mol. The van der Waals surface area contributed by atoms with Crippen LogP contribution in [0.2, 0.25) is 10.0 Å². The van der Waals surface area contributed by atoms with Crippen molar-refractivity contribution in [3.63, 3.8) is 0 Å². The van der Waals surface area contributed by atoms with Crippen LogP contribution in [0.25, 0.3) is 0 Å². The number of anilines is 1. The molecule has 2 N–H and O–H groups in total. The Morgan fingerprint density at radius 2 is 1.59 bits per heavy atom. The van der Waals surface area contributed by atoms with Crippen molar-refractivity contribution in [1.82, 2.24) is 5.32 Å². The van der Waals surface area contributed by atoms with Gasteiger partial charge in [-0.2, -0.15) is 0 Å². The largest absolute Gasteiger partial charge is 0.452 e. The molecule has 0 heterocycles. The molecule has 2 aromatic rings. The summed E-state index contributed by atoms with van der Waals surface area (Å²) in [6, 6.07) is 10.2. The Morgan fingerprint density at radius 1 is 0.963 bits per heavy atom. The van der Waals surface area contributed by atoms with Gasteiger partial charge in [-0.3, -0.25) is 9.59 Å². The molecule has 0 fully saturated rings. The minimum Gasteiger partial charge on any atom is -0.452 e. The highest BCUT2D eigenvalue weighted by molar-refractivity contribution is 6.43. The van der Waals surface area contributed by atoms with E-state index in [4.69, 9.17) is 27.9 Å². The highest BCUT2D eigenvalue weighted by Gasteiger charge is 2.16. The lowest BCUT2D eigenvalue weighted by atomic mass is 10.1. The molecule has 2 aromatic carbocycles. The van der Waals surface area contributed by atoms with E-state index in [1.165, 1.54) is 12.1 Å². The maximum Gasteiger partial charge on any atom is 0.340 e. The lowest BCUT2D eigenvalue weighted by Crippen LogP contribution is -2.35. The van der Waals surface area contributed by atoms with Crippen molar-refractivity contribution in [3.8, 4) is 0 Å². The van der Waals surface area contributed by atoms with Gasteiger partial charge >= 0.3 is 5.97 Å². The average molecular weight is 409 g/mol.